The maximum absolute atomic E-state index is 12.0. The van der Waals surface area contributed by atoms with E-state index in [1.165, 1.54) is 6.42 Å². The second-order valence-electron chi connectivity index (χ2n) is 6.65. The third-order valence-corrected chi connectivity index (χ3v) is 4.98. The van der Waals surface area contributed by atoms with E-state index in [2.05, 4.69) is 6.92 Å². The van der Waals surface area contributed by atoms with Crippen LogP contribution >= 0.6 is 0 Å². The number of aliphatic hydroxyl groups is 1. The zero-order chi connectivity index (χ0) is 12.0. The van der Waals surface area contributed by atoms with Crippen molar-refractivity contribution in [1.82, 2.24) is 0 Å². The van der Waals surface area contributed by atoms with Gasteiger partial charge in [0, 0.05) is 12.3 Å². The van der Waals surface area contributed by atoms with Crippen LogP contribution < -0.4 is 0 Å². The highest BCUT2D eigenvalue weighted by Crippen LogP contribution is 2.51. The summed E-state index contributed by atoms with van der Waals surface area (Å²) in [6, 6.07) is 0. The minimum atomic E-state index is -0.626. The summed E-state index contributed by atoms with van der Waals surface area (Å²) in [5, 5.41) is 10.1. The van der Waals surface area contributed by atoms with E-state index in [4.69, 9.17) is 0 Å². The summed E-state index contributed by atoms with van der Waals surface area (Å²) in [6.45, 7) is 6.04. The van der Waals surface area contributed by atoms with Crippen LogP contribution in [0.25, 0.3) is 0 Å². The molecule has 2 rings (SSSR count). The lowest BCUT2D eigenvalue weighted by Gasteiger charge is -2.49. The maximum Gasteiger partial charge on any atom is 0.136 e. The number of rotatable bonds is 1. The van der Waals surface area contributed by atoms with Crippen molar-refractivity contribution in [2.24, 2.45) is 17.3 Å². The average Bonchev–Trinajstić information content (AvgIpc) is 2.15. The molecule has 2 fully saturated rings. The molecule has 2 heteroatoms. The van der Waals surface area contributed by atoms with E-state index in [1.807, 2.05) is 13.8 Å². The molecule has 0 radical (unpaired) electrons. The van der Waals surface area contributed by atoms with Gasteiger partial charge in [-0.25, -0.2) is 0 Å². The Labute approximate surface area is 98.4 Å². The van der Waals surface area contributed by atoms with E-state index in [-0.39, 0.29) is 11.3 Å². The molecule has 0 saturated heterocycles. The Morgan fingerprint density at radius 3 is 2.69 bits per heavy atom. The highest BCUT2D eigenvalue weighted by atomic mass is 16.3. The standard InChI is InChI=1S/C14H24O2/c1-13(2,16)10-6-8-14(3)7-4-5-12(15)11(14)9-10/h10-11,16H,4-9H2,1-3H3/t10-,11+,14+/m1/s1. The highest BCUT2D eigenvalue weighted by Gasteiger charge is 2.47. The summed E-state index contributed by atoms with van der Waals surface area (Å²) >= 11 is 0. The molecule has 0 amide bonds. The van der Waals surface area contributed by atoms with Gasteiger partial charge in [0.1, 0.15) is 5.78 Å². The molecule has 3 atom stereocenters. The number of hydrogen-bond donors (Lipinski definition) is 1. The van der Waals surface area contributed by atoms with E-state index in [9.17, 15) is 9.90 Å². The zero-order valence-corrected chi connectivity index (χ0v) is 10.8. The Morgan fingerprint density at radius 2 is 2.06 bits per heavy atom. The van der Waals surface area contributed by atoms with Crippen LogP contribution in [0.15, 0.2) is 0 Å². The smallest absolute Gasteiger partial charge is 0.136 e. The van der Waals surface area contributed by atoms with Crippen molar-refractivity contribution >= 4 is 5.78 Å². The second-order valence-corrected chi connectivity index (χ2v) is 6.65. The van der Waals surface area contributed by atoms with Crippen LogP contribution in [0.1, 0.15) is 59.3 Å². The number of carbonyl (C=O) groups excluding carboxylic acids is 1. The molecule has 2 nitrogen and oxygen atoms in total. The molecule has 2 aliphatic carbocycles. The lowest BCUT2D eigenvalue weighted by atomic mass is 9.56. The highest BCUT2D eigenvalue weighted by molar-refractivity contribution is 5.82. The van der Waals surface area contributed by atoms with E-state index in [1.54, 1.807) is 0 Å². The zero-order valence-electron chi connectivity index (χ0n) is 10.8. The van der Waals surface area contributed by atoms with E-state index < -0.39 is 5.60 Å². The third-order valence-electron chi connectivity index (χ3n) is 4.98. The number of fused-ring (bicyclic) bond motifs is 1. The van der Waals surface area contributed by atoms with Gasteiger partial charge in [0.2, 0.25) is 0 Å². The number of carbonyl (C=O) groups is 1. The maximum atomic E-state index is 12.0. The van der Waals surface area contributed by atoms with E-state index >= 15 is 0 Å². The van der Waals surface area contributed by atoms with Gasteiger partial charge in [-0.2, -0.15) is 0 Å². The first-order valence-electron chi connectivity index (χ1n) is 6.58. The monoisotopic (exact) mass is 224 g/mol. The first-order valence-corrected chi connectivity index (χ1v) is 6.58. The van der Waals surface area contributed by atoms with Gasteiger partial charge in [0.25, 0.3) is 0 Å². The summed E-state index contributed by atoms with van der Waals surface area (Å²) in [6.07, 6.45) is 6.11. The van der Waals surface area contributed by atoms with Gasteiger partial charge in [-0.15, -0.1) is 0 Å². The topological polar surface area (TPSA) is 37.3 Å². The van der Waals surface area contributed by atoms with Crippen molar-refractivity contribution in [3.63, 3.8) is 0 Å². The Morgan fingerprint density at radius 1 is 1.38 bits per heavy atom. The minimum absolute atomic E-state index is 0.214. The summed E-state index contributed by atoms with van der Waals surface area (Å²) < 4.78 is 0. The lowest BCUT2D eigenvalue weighted by Crippen LogP contribution is -2.46. The van der Waals surface area contributed by atoms with Crippen LogP contribution in [0.5, 0.6) is 0 Å². The fourth-order valence-corrected chi connectivity index (χ4v) is 3.67. The molecule has 0 spiro atoms. The molecule has 2 saturated carbocycles. The normalized spacial score (nSPS) is 40.6. The van der Waals surface area contributed by atoms with Crippen molar-refractivity contribution in [3.05, 3.63) is 0 Å². The van der Waals surface area contributed by atoms with Crippen LogP contribution in [0, 0.1) is 17.3 Å². The Kier molecular flexibility index (Phi) is 2.90. The van der Waals surface area contributed by atoms with Gasteiger partial charge in [0.15, 0.2) is 0 Å². The Balaban J connectivity index is 2.15. The second kappa shape index (κ2) is 3.83. The number of hydrogen-bond acceptors (Lipinski definition) is 2. The van der Waals surface area contributed by atoms with E-state index in [0.29, 0.717) is 11.7 Å². The first kappa shape index (κ1) is 12.1. The average molecular weight is 224 g/mol. The Bertz CT molecular complexity index is 290. The first-order chi connectivity index (χ1) is 7.33. The van der Waals surface area contributed by atoms with Gasteiger partial charge in [-0.1, -0.05) is 6.92 Å². The quantitative estimate of drug-likeness (QED) is 0.743. The van der Waals surface area contributed by atoms with Crippen LogP contribution in [-0.2, 0) is 4.79 Å². The molecule has 0 aromatic heterocycles. The van der Waals surface area contributed by atoms with Crippen molar-refractivity contribution < 1.29 is 9.90 Å². The van der Waals surface area contributed by atoms with Gasteiger partial charge < -0.3 is 5.11 Å². The molecule has 1 N–H and O–H groups in total. The van der Waals surface area contributed by atoms with Gasteiger partial charge in [-0.3, -0.25) is 4.79 Å². The predicted octanol–water partition coefficient (Wildman–Crippen LogP) is 2.93. The molecule has 0 bridgehead atoms. The number of ketones is 1. The molecule has 92 valence electrons. The SMILES string of the molecule is CC(C)(O)[C@@H]1CC[C@]2(C)CCCC(=O)[C@@H]2C1. The summed E-state index contributed by atoms with van der Waals surface area (Å²) in [4.78, 5) is 12.0. The largest absolute Gasteiger partial charge is 0.390 e. The van der Waals surface area contributed by atoms with Crippen molar-refractivity contribution in [1.29, 1.82) is 0 Å². The fraction of sp³-hybridized carbons (Fsp3) is 0.929. The molecule has 0 heterocycles. The molecular weight excluding hydrogens is 200 g/mol. The molecule has 0 unspecified atom stereocenters. The van der Waals surface area contributed by atoms with Crippen molar-refractivity contribution in [2.75, 3.05) is 0 Å². The fourth-order valence-electron chi connectivity index (χ4n) is 3.67. The molecule has 2 aliphatic rings. The van der Waals surface area contributed by atoms with Crippen LogP contribution in [-0.4, -0.2) is 16.5 Å². The molecule has 0 aromatic carbocycles. The van der Waals surface area contributed by atoms with Crippen molar-refractivity contribution in [2.45, 2.75) is 64.9 Å². The van der Waals surface area contributed by atoms with Gasteiger partial charge in [0.05, 0.1) is 5.60 Å². The lowest BCUT2D eigenvalue weighted by molar-refractivity contribution is -0.136. The molecule has 0 aliphatic heterocycles. The third kappa shape index (κ3) is 2.04. The molecule has 0 aromatic rings. The van der Waals surface area contributed by atoms with Gasteiger partial charge in [-0.05, 0) is 57.3 Å². The summed E-state index contributed by atoms with van der Waals surface area (Å²) in [5.74, 6) is 0.960. The van der Waals surface area contributed by atoms with Crippen LogP contribution in [0.3, 0.4) is 0 Å². The van der Waals surface area contributed by atoms with Crippen LogP contribution in [0.4, 0.5) is 0 Å². The van der Waals surface area contributed by atoms with Crippen molar-refractivity contribution in [3.8, 4) is 0 Å². The van der Waals surface area contributed by atoms with E-state index in [0.717, 1.165) is 32.1 Å². The minimum Gasteiger partial charge on any atom is -0.390 e. The molecular formula is C14H24O2. The molecule has 16 heavy (non-hydrogen) atoms. The van der Waals surface area contributed by atoms with Gasteiger partial charge >= 0.3 is 0 Å². The summed E-state index contributed by atoms with van der Waals surface area (Å²) in [5.41, 5.74) is -0.393. The predicted molar refractivity (Wildman–Crippen MR) is 64.1 cm³/mol. The number of Topliss-reactive ketones (excluding diaryl/α,β-unsaturated/α-hetero) is 1. The van der Waals surface area contributed by atoms with Crippen LogP contribution in [0.2, 0.25) is 0 Å². The summed E-state index contributed by atoms with van der Waals surface area (Å²) in [7, 11) is 0. The Hall–Kier alpha value is -0.370.